The molecule has 1 rings (SSSR count). The van der Waals surface area contributed by atoms with E-state index in [4.69, 9.17) is 5.26 Å². The van der Waals surface area contributed by atoms with Crippen molar-refractivity contribution in [2.75, 3.05) is 27.2 Å². The number of carbonyl (C=O) groups excluding carboxylic acids is 1. The Labute approximate surface area is 91.5 Å². The molecule has 1 aliphatic rings. The molecule has 0 aromatic heterocycles. The smallest absolute Gasteiger partial charge is 0.224 e. The van der Waals surface area contributed by atoms with Crippen LogP contribution in [0.4, 0.5) is 0 Å². The second-order valence-electron chi connectivity index (χ2n) is 4.52. The number of nitrogens with zero attached hydrogens (tertiary/aromatic N) is 3. The lowest BCUT2D eigenvalue weighted by molar-refractivity contribution is -0.129. The van der Waals surface area contributed by atoms with E-state index in [1.807, 2.05) is 19.0 Å². The van der Waals surface area contributed by atoms with Gasteiger partial charge in [-0.1, -0.05) is 0 Å². The van der Waals surface area contributed by atoms with Gasteiger partial charge in [0.2, 0.25) is 5.91 Å². The highest BCUT2D eigenvalue weighted by Crippen LogP contribution is 2.20. The molecule has 2 atom stereocenters. The van der Waals surface area contributed by atoms with E-state index < -0.39 is 0 Å². The van der Waals surface area contributed by atoms with Crippen LogP contribution in [0.25, 0.3) is 0 Å². The van der Waals surface area contributed by atoms with Crippen molar-refractivity contribution in [1.29, 1.82) is 5.26 Å². The number of hydrogen-bond donors (Lipinski definition) is 0. The quantitative estimate of drug-likeness (QED) is 0.684. The first-order valence-electron chi connectivity index (χ1n) is 5.38. The van der Waals surface area contributed by atoms with Crippen molar-refractivity contribution in [3.63, 3.8) is 0 Å². The summed E-state index contributed by atoms with van der Waals surface area (Å²) in [6, 6.07) is 2.42. The van der Waals surface area contributed by atoms with Crippen LogP contribution in [0.5, 0.6) is 0 Å². The second kappa shape index (κ2) is 5.13. The Kier molecular flexibility index (Phi) is 4.10. The predicted molar refractivity (Wildman–Crippen MR) is 58.1 cm³/mol. The van der Waals surface area contributed by atoms with Gasteiger partial charge in [0.05, 0.1) is 12.0 Å². The van der Waals surface area contributed by atoms with Crippen molar-refractivity contribution in [1.82, 2.24) is 9.80 Å². The topological polar surface area (TPSA) is 47.3 Å². The van der Waals surface area contributed by atoms with Crippen LogP contribution in [0.1, 0.15) is 19.8 Å². The maximum Gasteiger partial charge on any atom is 0.224 e. The summed E-state index contributed by atoms with van der Waals surface area (Å²) < 4.78 is 0. The molecule has 1 fully saturated rings. The molecule has 0 radical (unpaired) electrons. The predicted octanol–water partition coefficient (Wildman–Crippen LogP) is 0.699. The number of likely N-dealkylation sites (tertiary alicyclic amines) is 1. The molecule has 4 nitrogen and oxygen atoms in total. The lowest BCUT2D eigenvalue weighted by Crippen LogP contribution is -2.36. The summed E-state index contributed by atoms with van der Waals surface area (Å²) in [7, 11) is 4.05. The van der Waals surface area contributed by atoms with Crippen LogP contribution < -0.4 is 0 Å². The maximum atomic E-state index is 11.6. The van der Waals surface area contributed by atoms with Crippen molar-refractivity contribution in [3.05, 3.63) is 0 Å². The zero-order valence-corrected chi connectivity index (χ0v) is 9.73. The fourth-order valence-corrected chi connectivity index (χ4v) is 1.84. The van der Waals surface area contributed by atoms with Gasteiger partial charge >= 0.3 is 0 Å². The summed E-state index contributed by atoms with van der Waals surface area (Å²) in [5, 5.41) is 8.76. The van der Waals surface area contributed by atoms with Gasteiger partial charge in [0.25, 0.3) is 0 Å². The molecule has 0 spiro atoms. The fraction of sp³-hybridized carbons (Fsp3) is 0.818. The molecule has 4 heteroatoms. The average molecular weight is 209 g/mol. The molecule has 84 valence electrons. The standard InChI is InChI=1S/C11H19N3O/c1-9(4-5-13(2)3)14-8-10(7-12)6-11(14)15/h9-10H,4-6,8H2,1-3H3. The summed E-state index contributed by atoms with van der Waals surface area (Å²) >= 11 is 0. The number of nitriles is 1. The Morgan fingerprint density at radius 3 is 2.80 bits per heavy atom. The highest BCUT2D eigenvalue weighted by Gasteiger charge is 2.32. The largest absolute Gasteiger partial charge is 0.339 e. The van der Waals surface area contributed by atoms with Gasteiger partial charge in [-0.05, 0) is 34.0 Å². The van der Waals surface area contributed by atoms with Gasteiger partial charge in [0, 0.05) is 19.0 Å². The molecule has 1 saturated heterocycles. The molecule has 0 aliphatic carbocycles. The van der Waals surface area contributed by atoms with Gasteiger partial charge in [0.1, 0.15) is 0 Å². The minimum Gasteiger partial charge on any atom is -0.339 e. The number of amides is 1. The van der Waals surface area contributed by atoms with Crippen LogP contribution in [0, 0.1) is 17.2 Å². The van der Waals surface area contributed by atoms with E-state index in [-0.39, 0.29) is 17.9 Å². The molecule has 2 unspecified atom stereocenters. The molecule has 0 N–H and O–H groups in total. The van der Waals surface area contributed by atoms with E-state index in [2.05, 4.69) is 17.9 Å². The first kappa shape index (κ1) is 12.0. The summed E-state index contributed by atoms with van der Waals surface area (Å²) in [6.45, 7) is 3.65. The van der Waals surface area contributed by atoms with Gasteiger partial charge in [-0.2, -0.15) is 5.26 Å². The summed E-state index contributed by atoms with van der Waals surface area (Å²) in [5.74, 6) is 0.0344. The van der Waals surface area contributed by atoms with E-state index in [1.54, 1.807) is 0 Å². The van der Waals surface area contributed by atoms with Gasteiger partial charge < -0.3 is 9.80 Å². The molecule has 1 aliphatic heterocycles. The van der Waals surface area contributed by atoms with E-state index in [0.717, 1.165) is 13.0 Å². The maximum absolute atomic E-state index is 11.6. The van der Waals surface area contributed by atoms with Crippen LogP contribution in [-0.2, 0) is 4.79 Å². The zero-order chi connectivity index (χ0) is 11.4. The Morgan fingerprint density at radius 2 is 2.33 bits per heavy atom. The highest BCUT2D eigenvalue weighted by molar-refractivity contribution is 5.79. The summed E-state index contributed by atoms with van der Waals surface area (Å²) in [4.78, 5) is 15.5. The van der Waals surface area contributed by atoms with E-state index in [9.17, 15) is 4.79 Å². The Bertz CT molecular complexity index is 269. The van der Waals surface area contributed by atoms with Crippen molar-refractivity contribution in [2.45, 2.75) is 25.8 Å². The molecule has 0 bridgehead atoms. The number of carbonyl (C=O) groups is 1. The van der Waals surface area contributed by atoms with Crippen LogP contribution >= 0.6 is 0 Å². The number of rotatable bonds is 4. The van der Waals surface area contributed by atoms with Gasteiger partial charge in [-0.15, -0.1) is 0 Å². The Hall–Kier alpha value is -1.08. The first-order chi connectivity index (χ1) is 7.04. The molecular formula is C11H19N3O. The summed E-state index contributed by atoms with van der Waals surface area (Å²) in [6.07, 6.45) is 1.37. The molecule has 1 amide bonds. The third-order valence-corrected chi connectivity index (χ3v) is 2.87. The van der Waals surface area contributed by atoms with Crippen LogP contribution in [0.15, 0.2) is 0 Å². The Balaban J connectivity index is 2.43. The van der Waals surface area contributed by atoms with Crippen LogP contribution in [0.3, 0.4) is 0 Å². The first-order valence-corrected chi connectivity index (χ1v) is 5.38. The molecule has 0 aromatic rings. The van der Waals surface area contributed by atoms with E-state index in [1.165, 1.54) is 0 Å². The lowest BCUT2D eigenvalue weighted by Gasteiger charge is -2.25. The molecular weight excluding hydrogens is 190 g/mol. The normalized spacial score (nSPS) is 23.3. The molecule has 1 heterocycles. The lowest BCUT2D eigenvalue weighted by atomic mass is 10.1. The molecule has 0 aromatic carbocycles. The minimum atomic E-state index is -0.0979. The van der Waals surface area contributed by atoms with Gasteiger partial charge in [-0.25, -0.2) is 0 Å². The third kappa shape index (κ3) is 3.21. The minimum absolute atomic E-state index is 0.0979. The van der Waals surface area contributed by atoms with E-state index in [0.29, 0.717) is 13.0 Å². The SMILES string of the molecule is CC(CCN(C)C)N1CC(C#N)CC1=O. The average Bonchev–Trinajstić information content (AvgIpc) is 2.56. The van der Waals surface area contributed by atoms with Crippen molar-refractivity contribution < 1.29 is 4.79 Å². The second-order valence-corrected chi connectivity index (χ2v) is 4.52. The zero-order valence-electron chi connectivity index (χ0n) is 9.73. The third-order valence-electron chi connectivity index (χ3n) is 2.87. The molecule has 0 saturated carbocycles. The van der Waals surface area contributed by atoms with Gasteiger partial charge in [0.15, 0.2) is 0 Å². The van der Waals surface area contributed by atoms with Crippen LogP contribution in [-0.4, -0.2) is 48.9 Å². The van der Waals surface area contributed by atoms with E-state index >= 15 is 0 Å². The fourth-order valence-electron chi connectivity index (χ4n) is 1.84. The van der Waals surface area contributed by atoms with Crippen LogP contribution in [0.2, 0.25) is 0 Å². The number of hydrogen-bond acceptors (Lipinski definition) is 3. The summed E-state index contributed by atoms with van der Waals surface area (Å²) in [5.41, 5.74) is 0. The van der Waals surface area contributed by atoms with Crippen molar-refractivity contribution in [3.8, 4) is 6.07 Å². The highest BCUT2D eigenvalue weighted by atomic mass is 16.2. The Morgan fingerprint density at radius 1 is 1.67 bits per heavy atom. The van der Waals surface area contributed by atoms with Gasteiger partial charge in [-0.3, -0.25) is 4.79 Å². The molecule has 15 heavy (non-hydrogen) atoms. The van der Waals surface area contributed by atoms with Crippen molar-refractivity contribution in [2.24, 2.45) is 5.92 Å². The monoisotopic (exact) mass is 209 g/mol. The van der Waals surface area contributed by atoms with Crippen molar-refractivity contribution >= 4 is 5.91 Å².